The third-order valence-corrected chi connectivity index (χ3v) is 11.2. The number of benzene rings is 8. The first-order valence-corrected chi connectivity index (χ1v) is 19.6. The monoisotopic (exact) mass is 765 g/mol. The molecule has 3 heterocycles. The van der Waals surface area contributed by atoms with Gasteiger partial charge in [0.15, 0.2) is 11.6 Å². The Morgan fingerprint density at radius 3 is 1.42 bits per heavy atom. The van der Waals surface area contributed by atoms with Gasteiger partial charge in [0.05, 0.1) is 45.0 Å². The van der Waals surface area contributed by atoms with Crippen LogP contribution in [0.25, 0.3) is 100 Å². The fraction of sp³-hybridized carbons (Fsp3) is 0. The molecular weight excluding hydrogens is 735 g/mol. The number of rotatable bonds is 6. The highest BCUT2D eigenvalue weighted by atomic mass is 15.2. The average Bonchev–Trinajstić information content (AvgIpc) is 3.84. The van der Waals surface area contributed by atoms with Crippen LogP contribution in [-0.4, -0.2) is 24.1 Å². The molecule has 0 spiro atoms. The van der Waals surface area contributed by atoms with E-state index in [4.69, 9.17) is 15.0 Å². The Labute approximate surface area is 345 Å². The minimum Gasteiger partial charge on any atom is -0.308 e. The van der Waals surface area contributed by atoms with Crippen molar-refractivity contribution in [3.05, 3.63) is 199 Å². The minimum atomic E-state index is 0.407. The van der Waals surface area contributed by atoms with E-state index in [9.17, 15) is 10.5 Å². The first kappa shape index (κ1) is 34.6. The molecule has 0 atom stereocenters. The Balaban J connectivity index is 1.12. The van der Waals surface area contributed by atoms with Crippen molar-refractivity contribution in [2.45, 2.75) is 0 Å². The zero-order valence-corrected chi connectivity index (χ0v) is 32.0. The molecule has 0 fully saturated rings. The van der Waals surface area contributed by atoms with Crippen LogP contribution >= 0.6 is 0 Å². The van der Waals surface area contributed by atoms with Crippen molar-refractivity contribution >= 4 is 43.6 Å². The van der Waals surface area contributed by atoms with E-state index in [0.717, 1.165) is 71.6 Å². The summed E-state index contributed by atoms with van der Waals surface area (Å²) in [6, 6.07) is 68.2. The molecule has 278 valence electrons. The molecule has 11 rings (SSSR count). The molecule has 8 aromatic carbocycles. The maximum absolute atomic E-state index is 10.9. The van der Waals surface area contributed by atoms with Crippen molar-refractivity contribution in [2.24, 2.45) is 0 Å². The Hall–Kier alpha value is -8.65. The fourth-order valence-corrected chi connectivity index (χ4v) is 8.45. The van der Waals surface area contributed by atoms with Crippen LogP contribution in [-0.2, 0) is 0 Å². The van der Waals surface area contributed by atoms with E-state index in [1.54, 1.807) is 12.1 Å². The second kappa shape index (κ2) is 14.1. The molecule has 0 bridgehead atoms. The average molecular weight is 766 g/mol. The quantitative estimate of drug-likeness (QED) is 0.168. The molecule has 7 heteroatoms. The van der Waals surface area contributed by atoms with E-state index in [-0.39, 0.29) is 0 Å². The van der Waals surface area contributed by atoms with Crippen molar-refractivity contribution in [3.8, 4) is 68.8 Å². The summed E-state index contributed by atoms with van der Waals surface area (Å²) in [7, 11) is 0. The standard InChI is InChI=1S/C53H31N7/c54-32-34-12-11-17-39(28-34)51-56-52(58-53(57-51)60-47-20-9-7-18-42(47)43-19-8-10-21-48(43)60)40-24-25-46(41(29-40)33-55)59-49-26-22-37(35-13-3-1-4-14-35)30-44(49)45-31-38(23-27-50(45)59)36-15-5-2-6-16-36/h1-31H. The van der Waals surface area contributed by atoms with Gasteiger partial charge in [-0.1, -0.05) is 121 Å². The fourth-order valence-electron chi connectivity index (χ4n) is 8.45. The molecule has 0 radical (unpaired) electrons. The van der Waals surface area contributed by atoms with Gasteiger partial charge in [0.2, 0.25) is 5.95 Å². The molecule has 0 amide bonds. The lowest BCUT2D eigenvalue weighted by molar-refractivity contribution is 0.953. The van der Waals surface area contributed by atoms with Crippen LogP contribution in [0.3, 0.4) is 0 Å². The molecule has 0 saturated carbocycles. The van der Waals surface area contributed by atoms with Gasteiger partial charge in [-0.3, -0.25) is 4.57 Å². The number of aromatic nitrogens is 5. The van der Waals surface area contributed by atoms with Crippen LogP contribution in [0.2, 0.25) is 0 Å². The van der Waals surface area contributed by atoms with Crippen molar-refractivity contribution in [3.63, 3.8) is 0 Å². The third-order valence-electron chi connectivity index (χ3n) is 11.2. The molecule has 60 heavy (non-hydrogen) atoms. The number of hydrogen-bond donors (Lipinski definition) is 0. The molecule has 0 saturated heterocycles. The highest BCUT2D eigenvalue weighted by Gasteiger charge is 2.21. The van der Waals surface area contributed by atoms with Gasteiger partial charge in [-0.25, -0.2) is 4.98 Å². The van der Waals surface area contributed by atoms with Crippen LogP contribution in [0.15, 0.2) is 188 Å². The number of nitrogens with zero attached hydrogens (tertiary/aromatic N) is 7. The zero-order chi connectivity index (χ0) is 40.2. The van der Waals surface area contributed by atoms with E-state index >= 15 is 0 Å². The smallest absolute Gasteiger partial charge is 0.238 e. The molecule has 7 nitrogen and oxygen atoms in total. The first-order chi connectivity index (χ1) is 29.6. The van der Waals surface area contributed by atoms with Crippen LogP contribution in [0.5, 0.6) is 0 Å². The van der Waals surface area contributed by atoms with Gasteiger partial charge >= 0.3 is 0 Å². The molecule has 3 aromatic heterocycles. The Bertz CT molecular complexity index is 3420. The van der Waals surface area contributed by atoms with Gasteiger partial charge in [-0.15, -0.1) is 0 Å². The van der Waals surface area contributed by atoms with E-state index in [2.05, 4.69) is 130 Å². The molecule has 11 aromatic rings. The second-order valence-electron chi connectivity index (χ2n) is 14.7. The molecule has 0 aliphatic rings. The number of fused-ring (bicyclic) bond motifs is 6. The topological polar surface area (TPSA) is 96.1 Å². The van der Waals surface area contributed by atoms with Gasteiger partial charge in [0, 0.05) is 32.7 Å². The normalized spacial score (nSPS) is 11.3. The van der Waals surface area contributed by atoms with E-state index in [1.807, 2.05) is 66.7 Å². The number of hydrogen-bond acceptors (Lipinski definition) is 5. The highest BCUT2D eigenvalue weighted by molar-refractivity contribution is 6.12. The van der Waals surface area contributed by atoms with Crippen molar-refractivity contribution in [1.29, 1.82) is 10.5 Å². The summed E-state index contributed by atoms with van der Waals surface area (Å²) in [5.74, 6) is 1.26. The predicted octanol–water partition coefficient (Wildman–Crippen LogP) is 12.5. The summed E-state index contributed by atoms with van der Waals surface area (Å²) in [5.41, 5.74) is 11.5. The number of para-hydroxylation sites is 2. The Morgan fingerprint density at radius 1 is 0.350 bits per heavy atom. The predicted molar refractivity (Wildman–Crippen MR) is 240 cm³/mol. The summed E-state index contributed by atoms with van der Waals surface area (Å²) < 4.78 is 4.24. The summed E-state index contributed by atoms with van der Waals surface area (Å²) >= 11 is 0. The van der Waals surface area contributed by atoms with Crippen molar-refractivity contribution in [2.75, 3.05) is 0 Å². The van der Waals surface area contributed by atoms with Crippen LogP contribution in [0, 0.1) is 22.7 Å². The van der Waals surface area contributed by atoms with Crippen molar-refractivity contribution < 1.29 is 0 Å². The summed E-state index contributed by atoms with van der Waals surface area (Å²) in [4.78, 5) is 15.2. The largest absolute Gasteiger partial charge is 0.308 e. The lowest BCUT2D eigenvalue weighted by atomic mass is 10.0. The maximum atomic E-state index is 10.9. The SMILES string of the molecule is N#Cc1cccc(-c2nc(-c3ccc(-n4c5ccc(-c6ccccc6)cc5c5cc(-c6ccccc6)ccc54)c(C#N)c3)nc(-n3c4ccccc4c4ccccc43)n2)c1. The van der Waals surface area contributed by atoms with E-state index in [0.29, 0.717) is 39.9 Å². The Kier molecular flexibility index (Phi) is 8.11. The first-order valence-electron chi connectivity index (χ1n) is 19.6. The Morgan fingerprint density at radius 2 is 0.850 bits per heavy atom. The van der Waals surface area contributed by atoms with Gasteiger partial charge < -0.3 is 4.57 Å². The van der Waals surface area contributed by atoms with Crippen LogP contribution < -0.4 is 0 Å². The van der Waals surface area contributed by atoms with Gasteiger partial charge in [0.25, 0.3) is 0 Å². The molecule has 0 aliphatic heterocycles. The number of nitriles is 2. The summed E-state index contributed by atoms with van der Waals surface area (Å²) in [6.45, 7) is 0. The molecule has 0 N–H and O–H groups in total. The minimum absolute atomic E-state index is 0.407. The summed E-state index contributed by atoms with van der Waals surface area (Å²) in [5, 5.41) is 25.0. The van der Waals surface area contributed by atoms with E-state index in [1.165, 1.54) is 0 Å². The van der Waals surface area contributed by atoms with Crippen LogP contribution in [0.4, 0.5) is 0 Å². The van der Waals surface area contributed by atoms with Gasteiger partial charge in [-0.2, -0.15) is 20.5 Å². The molecular formula is C53H31N7. The van der Waals surface area contributed by atoms with Gasteiger partial charge in [0.1, 0.15) is 6.07 Å². The maximum Gasteiger partial charge on any atom is 0.238 e. The third kappa shape index (κ3) is 5.69. The van der Waals surface area contributed by atoms with Gasteiger partial charge in [-0.05, 0) is 89.0 Å². The van der Waals surface area contributed by atoms with Crippen molar-refractivity contribution in [1.82, 2.24) is 24.1 Å². The summed E-state index contributed by atoms with van der Waals surface area (Å²) in [6.07, 6.45) is 0. The molecule has 0 unspecified atom stereocenters. The van der Waals surface area contributed by atoms with Crippen LogP contribution in [0.1, 0.15) is 11.1 Å². The zero-order valence-electron chi connectivity index (χ0n) is 32.0. The highest BCUT2D eigenvalue weighted by Crippen LogP contribution is 2.39. The lowest BCUT2D eigenvalue weighted by Crippen LogP contribution is -2.07. The van der Waals surface area contributed by atoms with E-state index < -0.39 is 0 Å². The lowest BCUT2D eigenvalue weighted by Gasteiger charge is -2.13. The second-order valence-corrected chi connectivity index (χ2v) is 14.7. The molecule has 0 aliphatic carbocycles.